The van der Waals surface area contributed by atoms with Crippen molar-refractivity contribution in [3.8, 4) is 0 Å². The van der Waals surface area contributed by atoms with Gasteiger partial charge in [0.15, 0.2) is 0 Å². The topological polar surface area (TPSA) is 74.6 Å². The highest BCUT2D eigenvalue weighted by atomic mass is 33.1. The summed E-state index contributed by atoms with van der Waals surface area (Å²) in [6.45, 7) is 0. The van der Waals surface area contributed by atoms with Crippen LogP contribution in [-0.2, 0) is 14.9 Å². The van der Waals surface area contributed by atoms with Crippen molar-refractivity contribution < 1.29 is 18.7 Å². The monoisotopic (exact) mass is 226 g/mol. The number of carboxylic acids is 1. The number of hydrogen-bond donors (Lipinski definition) is 2. The number of unbranched alkanes of at least 4 members (excludes halogenated alkanes) is 3. The highest BCUT2D eigenvalue weighted by molar-refractivity contribution is 8.67. The van der Waals surface area contributed by atoms with E-state index in [2.05, 4.69) is 0 Å². The molecule has 0 aliphatic heterocycles. The van der Waals surface area contributed by atoms with E-state index in [0.29, 0.717) is 12.2 Å². The molecule has 0 radical (unpaired) electrons. The van der Waals surface area contributed by atoms with E-state index in [-0.39, 0.29) is 6.42 Å². The normalized spacial score (nSPS) is 12.7. The molecule has 0 bridgehead atoms. The van der Waals surface area contributed by atoms with Gasteiger partial charge in [-0.25, -0.2) is 4.21 Å². The van der Waals surface area contributed by atoms with E-state index in [1.165, 1.54) is 0 Å². The van der Waals surface area contributed by atoms with Crippen LogP contribution in [0.3, 0.4) is 0 Å². The average molecular weight is 226 g/mol. The lowest BCUT2D eigenvalue weighted by atomic mass is 10.2. The summed E-state index contributed by atoms with van der Waals surface area (Å²) >= 11 is 0. The molecule has 13 heavy (non-hydrogen) atoms. The molecule has 0 amide bonds. The zero-order valence-corrected chi connectivity index (χ0v) is 8.90. The van der Waals surface area contributed by atoms with Gasteiger partial charge in [0.25, 0.3) is 0 Å². The molecule has 0 aliphatic carbocycles. The minimum absolute atomic E-state index is 0.221. The van der Waals surface area contributed by atoms with Gasteiger partial charge in [0, 0.05) is 12.2 Å². The first-order valence-electron chi connectivity index (χ1n) is 4.09. The summed E-state index contributed by atoms with van der Waals surface area (Å²) in [7, 11) is -0.750. The number of carbonyl (C=O) groups is 1. The molecule has 0 aromatic carbocycles. The quantitative estimate of drug-likeness (QED) is 0.375. The van der Waals surface area contributed by atoms with Crippen LogP contribution < -0.4 is 0 Å². The van der Waals surface area contributed by atoms with Crippen LogP contribution in [0.1, 0.15) is 32.1 Å². The second-order valence-corrected chi connectivity index (χ2v) is 5.24. The summed E-state index contributed by atoms with van der Waals surface area (Å²) in [6.07, 6.45) is 3.60. The van der Waals surface area contributed by atoms with Gasteiger partial charge in [0.2, 0.25) is 10.1 Å². The van der Waals surface area contributed by atoms with Gasteiger partial charge in [-0.15, -0.1) is 0 Å². The van der Waals surface area contributed by atoms with Crippen LogP contribution in [0.5, 0.6) is 0 Å². The van der Waals surface area contributed by atoms with E-state index in [9.17, 15) is 9.00 Å². The van der Waals surface area contributed by atoms with Crippen LogP contribution in [0.25, 0.3) is 0 Å². The van der Waals surface area contributed by atoms with Crippen molar-refractivity contribution in [1.82, 2.24) is 0 Å². The summed E-state index contributed by atoms with van der Waals surface area (Å²) in [4.78, 5) is 10.1. The maximum Gasteiger partial charge on any atom is 0.303 e. The Labute approximate surface area is 83.8 Å². The lowest BCUT2D eigenvalue weighted by Crippen LogP contribution is -1.93. The lowest BCUT2D eigenvalue weighted by Gasteiger charge is -1.97. The van der Waals surface area contributed by atoms with Gasteiger partial charge >= 0.3 is 5.97 Å². The van der Waals surface area contributed by atoms with Crippen molar-refractivity contribution in [3.05, 3.63) is 0 Å². The van der Waals surface area contributed by atoms with Gasteiger partial charge < -0.3 is 5.11 Å². The third-order valence-electron chi connectivity index (χ3n) is 1.47. The molecule has 2 N–H and O–H groups in total. The number of aliphatic carboxylic acids is 1. The van der Waals surface area contributed by atoms with E-state index in [0.717, 1.165) is 30.1 Å². The minimum Gasteiger partial charge on any atom is -0.481 e. The minimum atomic E-state index is -1.76. The average Bonchev–Trinajstić information content (AvgIpc) is 2.01. The SMILES string of the molecule is O=C(O)CCCCCCSS(=O)O. The third kappa shape index (κ3) is 11.9. The fourth-order valence-corrected chi connectivity index (χ4v) is 2.11. The van der Waals surface area contributed by atoms with Crippen molar-refractivity contribution in [1.29, 1.82) is 0 Å². The molecule has 1 atom stereocenters. The highest BCUT2D eigenvalue weighted by Gasteiger charge is 1.97. The number of carboxylic acid groups (broad SMARTS) is 1. The zero-order valence-electron chi connectivity index (χ0n) is 7.27. The largest absolute Gasteiger partial charge is 0.481 e. The van der Waals surface area contributed by atoms with E-state index in [1.54, 1.807) is 0 Å². The van der Waals surface area contributed by atoms with Crippen molar-refractivity contribution in [2.24, 2.45) is 0 Å². The molecular formula is C7H14O4S2. The Bertz CT molecular complexity index is 154. The third-order valence-corrected chi connectivity index (χ3v) is 3.23. The molecule has 0 saturated heterocycles. The van der Waals surface area contributed by atoms with Gasteiger partial charge in [-0.1, -0.05) is 12.8 Å². The Kier molecular flexibility index (Phi) is 8.48. The molecule has 78 valence electrons. The molecule has 0 fully saturated rings. The summed E-state index contributed by atoms with van der Waals surface area (Å²) in [5.74, 6) is -0.0956. The van der Waals surface area contributed by atoms with Crippen LogP contribution in [0.4, 0.5) is 0 Å². The maximum absolute atomic E-state index is 10.2. The Hall–Kier alpha value is -0.0700. The molecule has 6 heteroatoms. The van der Waals surface area contributed by atoms with E-state index < -0.39 is 16.1 Å². The molecule has 0 heterocycles. The molecule has 1 unspecified atom stereocenters. The predicted octanol–water partition coefficient (Wildman–Crippen LogP) is 1.89. The standard InChI is InChI=1S/C7H14O4S2/c8-7(9)5-3-1-2-4-6-12-13(10)11/h1-6H2,(H,8,9)(H,10,11). The first kappa shape index (κ1) is 12.9. The molecule has 0 aromatic rings. The molecule has 0 aliphatic rings. The van der Waals surface area contributed by atoms with Crippen LogP contribution >= 0.6 is 10.8 Å². The first-order valence-corrected chi connectivity index (χ1v) is 6.70. The summed E-state index contributed by atoms with van der Waals surface area (Å²) in [5.41, 5.74) is 0. The van der Waals surface area contributed by atoms with Crippen LogP contribution in [0.2, 0.25) is 0 Å². The predicted molar refractivity (Wildman–Crippen MR) is 54.0 cm³/mol. The van der Waals surface area contributed by atoms with Crippen molar-refractivity contribution in [2.45, 2.75) is 32.1 Å². The first-order chi connectivity index (χ1) is 6.13. The number of rotatable bonds is 8. The lowest BCUT2D eigenvalue weighted by molar-refractivity contribution is -0.137. The van der Waals surface area contributed by atoms with Crippen LogP contribution in [0.15, 0.2) is 0 Å². The van der Waals surface area contributed by atoms with Gasteiger partial charge in [0.1, 0.15) is 0 Å². The number of hydrogen-bond acceptors (Lipinski definition) is 3. The molecule has 0 saturated carbocycles. The fourth-order valence-electron chi connectivity index (χ4n) is 0.862. The highest BCUT2D eigenvalue weighted by Crippen LogP contribution is 2.10. The summed E-state index contributed by atoms with van der Waals surface area (Å²) < 4.78 is 18.6. The van der Waals surface area contributed by atoms with Crippen LogP contribution in [-0.4, -0.2) is 25.6 Å². The van der Waals surface area contributed by atoms with Crippen LogP contribution in [0, 0.1) is 0 Å². The molecule has 0 aromatic heterocycles. The zero-order chi connectivity index (χ0) is 10.1. The van der Waals surface area contributed by atoms with Gasteiger partial charge in [-0.2, -0.15) is 0 Å². The van der Waals surface area contributed by atoms with Gasteiger partial charge in [-0.05, 0) is 23.6 Å². The molecule has 0 spiro atoms. The second kappa shape index (κ2) is 8.52. The van der Waals surface area contributed by atoms with Gasteiger partial charge in [-0.3, -0.25) is 9.35 Å². The Morgan fingerprint density at radius 2 is 1.85 bits per heavy atom. The van der Waals surface area contributed by atoms with Gasteiger partial charge in [0.05, 0.1) is 0 Å². The smallest absolute Gasteiger partial charge is 0.303 e. The van der Waals surface area contributed by atoms with E-state index in [4.69, 9.17) is 9.66 Å². The Morgan fingerprint density at radius 1 is 1.23 bits per heavy atom. The molecule has 4 nitrogen and oxygen atoms in total. The van der Waals surface area contributed by atoms with Crippen molar-refractivity contribution >= 4 is 26.9 Å². The fraction of sp³-hybridized carbons (Fsp3) is 0.857. The van der Waals surface area contributed by atoms with E-state index >= 15 is 0 Å². The summed E-state index contributed by atoms with van der Waals surface area (Å²) in [6, 6.07) is 0. The second-order valence-electron chi connectivity index (χ2n) is 2.60. The summed E-state index contributed by atoms with van der Waals surface area (Å²) in [5, 5.41) is 8.31. The van der Waals surface area contributed by atoms with Crippen molar-refractivity contribution in [2.75, 3.05) is 5.75 Å². The Morgan fingerprint density at radius 3 is 2.38 bits per heavy atom. The Balaban J connectivity index is 3.00. The van der Waals surface area contributed by atoms with E-state index in [1.807, 2.05) is 0 Å². The maximum atomic E-state index is 10.2. The molecule has 0 rings (SSSR count). The molecular weight excluding hydrogens is 212 g/mol. The van der Waals surface area contributed by atoms with Crippen molar-refractivity contribution in [3.63, 3.8) is 0 Å².